The van der Waals surface area contributed by atoms with Crippen LogP contribution >= 0.6 is 23.2 Å². The Kier molecular flexibility index (Phi) is 4.82. The molecule has 126 valence electrons. The summed E-state index contributed by atoms with van der Waals surface area (Å²) in [4.78, 5) is 0. The van der Waals surface area contributed by atoms with E-state index in [-0.39, 0.29) is 22.0 Å². The van der Waals surface area contributed by atoms with Gasteiger partial charge in [0.15, 0.2) is 5.69 Å². The number of methoxy groups -OCH3 is 1. The fourth-order valence-corrected chi connectivity index (χ4v) is 2.64. The average molecular weight is 371 g/mol. The van der Waals surface area contributed by atoms with Crippen molar-refractivity contribution in [3.8, 4) is 17.0 Å². The van der Waals surface area contributed by atoms with Gasteiger partial charge in [-0.3, -0.25) is 4.68 Å². The first-order valence-electron chi connectivity index (χ1n) is 6.46. The average Bonchev–Trinajstić information content (AvgIpc) is 2.77. The van der Waals surface area contributed by atoms with Gasteiger partial charge in [0, 0.05) is 11.6 Å². The lowest BCUT2D eigenvalue weighted by Crippen LogP contribution is -2.16. The summed E-state index contributed by atoms with van der Waals surface area (Å²) in [6.45, 7) is 3.03. The summed E-state index contributed by atoms with van der Waals surface area (Å²) in [6.07, 6.45) is -4.72. The Morgan fingerprint density at radius 2 is 1.83 bits per heavy atom. The largest absolute Gasteiger partial charge is 0.495 e. The number of rotatable bonds is 3. The van der Waals surface area contributed by atoms with Gasteiger partial charge in [0.05, 0.1) is 17.2 Å². The number of benzene rings is 1. The van der Waals surface area contributed by atoms with Gasteiger partial charge in [0.25, 0.3) is 0 Å². The van der Waals surface area contributed by atoms with Crippen molar-refractivity contribution in [1.82, 2.24) is 9.78 Å². The first kappa shape index (κ1) is 17.9. The number of ether oxygens (including phenoxy) is 1. The molecule has 0 spiro atoms. The smallest absolute Gasteiger partial charge is 0.434 e. The van der Waals surface area contributed by atoms with Crippen molar-refractivity contribution in [2.75, 3.05) is 7.11 Å². The highest BCUT2D eigenvalue weighted by Gasteiger charge is 2.40. The van der Waals surface area contributed by atoms with Gasteiger partial charge in [-0.1, -0.05) is 23.2 Å². The molecule has 2 rings (SSSR count). The van der Waals surface area contributed by atoms with Crippen molar-refractivity contribution in [3.05, 3.63) is 33.7 Å². The molecule has 0 atom stereocenters. The third-order valence-corrected chi connectivity index (χ3v) is 3.76. The lowest BCUT2D eigenvalue weighted by molar-refractivity contribution is -0.144. The minimum Gasteiger partial charge on any atom is -0.495 e. The Balaban J connectivity index is 2.76. The van der Waals surface area contributed by atoms with E-state index in [1.54, 1.807) is 0 Å². The number of hydrogen-bond acceptors (Lipinski definition) is 2. The molecule has 0 aliphatic carbocycles. The predicted octanol–water partition coefficient (Wildman–Crippen LogP) is 5.60. The molecule has 0 amide bonds. The van der Waals surface area contributed by atoms with E-state index >= 15 is 0 Å². The van der Waals surface area contributed by atoms with E-state index in [9.17, 15) is 17.6 Å². The molecule has 2 aromatic rings. The molecule has 23 heavy (non-hydrogen) atoms. The highest BCUT2D eigenvalue weighted by atomic mass is 35.5. The predicted molar refractivity (Wildman–Crippen MR) is 79.6 cm³/mol. The lowest BCUT2D eigenvalue weighted by atomic mass is 10.1. The molecule has 1 aromatic heterocycles. The van der Waals surface area contributed by atoms with E-state index in [0.29, 0.717) is 0 Å². The number of nitrogens with zero attached hydrogens (tertiary/aromatic N) is 2. The number of alkyl halides is 3. The Hall–Kier alpha value is -1.47. The van der Waals surface area contributed by atoms with E-state index in [4.69, 9.17) is 27.9 Å². The van der Waals surface area contributed by atoms with Gasteiger partial charge in [0.1, 0.15) is 17.3 Å². The van der Waals surface area contributed by atoms with Gasteiger partial charge >= 0.3 is 6.18 Å². The van der Waals surface area contributed by atoms with Gasteiger partial charge in [-0.2, -0.15) is 18.3 Å². The number of hydrogen-bond donors (Lipinski definition) is 0. The fraction of sp³-hybridized carbons (Fsp3) is 0.357. The fourth-order valence-electron chi connectivity index (χ4n) is 2.08. The van der Waals surface area contributed by atoms with Crippen molar-refractivity contribution >= 4 is 23.2 Å². The maximum Gasteiger partial charge on any atom is 0.434 e. The second-order valence-electron chi connectivity index (χ2n) is 5.01. The molecule has 0 saturated heterocycles. The van der Waals surface area contributed by atoms with Crippen LogP contribution in [0.5, 0.6) is 5.75 Å². The summed E-state index contributed by atoms with van der Waals surface area (Å²) >= 11 is 11.6. The van der Waals surface area contributed by atoms with Gasteiger partial charge in [-0.15, -0.1) is 0 Å². The van der Waals surface area contributed by atoms with Crippen LogP contribution in [-0.4, -0.2) is 16.9 Å². The van der Waals surface area contributed by atoms with Crippen molar-refractivity contribution in [2.24, 2.45) is 0 Å². The molecule has 3 nitrogen and oxygen atoms in total. The minimum absolute atomic E-state index is 0.00999. The molecule has 0 aliphatic heterocycles. The topological polar surface area (TPSA) is 27.1 Å². The van der Waals surface area contributed by atoms with Crippen molar-refractivity contribution < 1.29 is 22.3 Å². The van der Waals surface area contributed by atoms with E-state index in [1.807, 2.05) is 0 Å². The Labute approximate surface area is 139 Å². The van der Waals surface area contributed by atoms with Crippen LogP contribution in [0.1, 0.15) is 25.6 Å². The molecule has 0 radical (unpaired) electrons. The second-order valence-corrected chi connectivity index (χ2v) is 5.80. The molecule has 1 aromatic carbocycles. The first-order chi connectivity index (χ1) is 10.6. The van der Waals surface area contributed by atoms with Crippen LogP contribution in [0.4, 0.5) is 17.6 Å². The zero-order valence-corrected chi connectivity index (χ0v) is 13.8. The third kappa shape index (κ3) is 3.26. The molecule has 0 saturated carbocycles. The van der Waals surface area contributed by atoms with Crippen LogP contribution < -0.4 is 4.74 Å². The summed E-state index contributed by atoms with van der Waals surface area (Å²) < 4.78 is 59.5. The maximum absolute atomic E-state index is 14.1. The highest BCUT2D eigenvalue weighted by molar-refractivity contribution is 6.34. The molecule has 1 heterocycles. The van der Waals surface area contributed by atoms with E-state index in [1.165, 1.54) is 21.0 Å². The standard InChI is InChI=1S/C14H12Cl2F4N2O/c1-6(2)22-13(14(18,19)20)11(16)12(21-22)7-4-10(23-3)8(15)5-9(7)17/h4-6H,1-3H3. The van der Waals surface area contributed by atoms with Crippen LogP contribution in [-0.2, 0) is 6.18 Å². The van der Waals surface area contributed by atoms with Crippen LogP contribution in [0.25, 0.3) is 11.3 Å². The number of halogens is 6. The summed E-state index contributed by atoms with van der Waals surface area (Å²) in [7, 11) is 1.30. The van der Waals surface area contributed by atoms with Crippen LogP contribution in [0.2, 0.25) is 10.0 Å². The van der Waals surface area contributed by atoms with Gasteiger partial charge < -0.3 is 4.74 Å². The Bertz CT molecular complexity index is 741. The maximum atomic E-state index is 14.1. The summed E-state index contributed by atoms with van der Waals surface area (Å²) in [6, 6.07) is 1.49. The quantitative estimate of drug-likeness (QED) is 0.657. The summed E-state index contributed by atoms with van der Waals surface area (Å²) in [5.41, 5.74) is -1.67. The SMILES string of the molecule is COc1cc(-c2nn(C(C)C)c(C(F)(F)F)c2Cl)c(F)cc1Cl. The molecule has 0 bridgehead atoms. The summed E-state index contributed by atoms with van der Waals surface area (Å²) in [5.74, 6) is -0.744. The zero-order valence-electron chi connectivity index (χ0n) is 12.3. The Morgan fingerprint density at radius 1 is 1.22 bits per heavy atom. The van der Waals surface area contributed by atoms with E-state index in [2.05, 4.69) is 5.10 Å². The van der Waals surface area contributed by atoms with Gasteiger partial charge in [0.2, 0.25) is 0 Å². The molecule has 0 aliphatic rings. The van der Waals surface area contributed by atoms with Gasteiger partial charge in [-0.25, -0.2) is 4.39 Å². The highest BCUT2D eigenvalue weighted by Crippen LogP contribution is 2.43. The normalized spacial score (nSPS) is 12.1. The first-order valence-corrected chi connectivity index (χ1v) is 7.22. The lowest BCUT2D eigenvalue weighted by Gasteiger charge is -2.13. The minimum atomic E-state index is -4.72. The van der Waals surface area contributed by atoms with E-state index in [0.717, 1.165) is 16.8 Å². The second kappa shape index (κ2) is 6.20. The van der Waals surface area contributed by atoms with Crippen LogP contribution in [0, 0.1) is 5.82 Å². The van der Waals surface area contributed by atoms with Crippen LogP contribution in [0.15, 0.2) is 12.1 Å². The zero-order chi connectivity index (χ0) is 17.5. The van der Waals surface area contributed by atoms with E-state index < -0.39 is 28.8 Å². The Morgan fingerprint density at radius 3 is 2.26 bits per heavy atom. The molecule has 9 heteroatoms. The van der Waals surface area contributed by atoms with Gasteiger partial charge in [-0.05, 0) is 26.0 Å². The third-order valence-electron chi connectivity index (χ3n) is 3.11. The summed E-state index contributed by atoms with van der Waals surface area (Å²) in [5, 5.41) is 3.16. The van der Waals surface area contributed by atoms with Crippen molar-refractivity contribution in [1.29, 1.82) is 0 Å². The molecule has 0 fully saturated rings. The number of aromatic nitrogens is 2. The molecule has 0 unspecified atom stereocenters. The molecular formula is C14H12Cl2F4N2O. The van der Waals surface area contributed by atoms with Crippen molar-refractivity contribution in [3.63, 3.8) is 0 Å². The van der Waals surface area contributed by atoms with Crippen molar-refractivity contribution in [2.45, 2.75) is 26.1 Å². The monoisotopic (exact) mass is 370 g/mol. The molecule has 0 N–H and O–H groups in total. The molecular weight excluding hydrogens is 359 g/mol. The van der Waals surface area contributed by atoms with Crippen LogP contribution in [0.3, 0.4) is 0 Å².